The van der Waals surface area contributed by atoms with Gasteiger partial charge in [-0.05, 0) is 42.3 Å². The van der Waals surface area contributed by atoms with Gasteiger partial charge in [-0.3, -0.25) is 9.78 Å². The van der Waals surface area contributed by atoms with E-state index >= 15 is 0 Å². The number of rotatable bonds is 6. The summed E-state index contributed by atoms with van der Waals surface area (Å²) < 4.78 is 0. The van der Waals surface area contributed by atoms with Gasteiger partial charge < -0.3 is 10.6 Å². The number of nitrogens with one attached hydrogen (secondary N) is 2. The molecule has 0 aliphatic heterocycles. The van der Waals surface area contributed by atoms with E-state index in [9.17, 15) is 4.79 Å². The van der Waals surface area contributed by atoms with Gasteiger partial charge in [-0.25, -0.2) is 0 Å². The van der Waals surface area contributed by atoms with Gasteiger partial charge in [0.05, 0.1) is 0 Å². The zero-order valence-electron chi connectivity index (χ0n) is 11.6. The molecule has 0 saturated carbocycles. The van der Waals surface area contributed by atoms with Crippen LogP contribution < -0.4 is 10.6 Å². The second-order valence-corrected chi connectivity index (χ2v) is 4.70. The number of nitrogens with zero attached hydrogens (tertiary/aromatic N) is 1. The van der Waals surface area contributed by atoms with Crippen molar-refractivity contribution >= 4 is 11.6 Å². The highest BCUT2D eigenvalue weighted by atomic mass is 16.1. The highest BCUT2D eigenvalue weighted by Gasteiger charge is 2.02. The third kappa shape index (κ3) is 4.82. The largest absolute Gasteiger partial charge is 0.326 e. The summed E-state index contributed by atoms with van der Waals surface area (Å²) in [5, 5.41) is 6.13. The minimum Gasteiger partial charge on any atom is -0.326 e. The van der Waals surface area contributed by atoms with Crippen LogP contribution in [-0.2, 0) is 11.3 Å². The molecule has 0 atom stereocenters. The van der Waals surface area contributed by atoms with Gasteiger partial charge in [-0.1, -0.05) is 12.1 Å². The van der Waals surface area contributed by atoms with Gasteiger partial charge in [-0.15, -0.1) is 0 Å². The molecule has 2 rings (SSSR count). The smallest absolute Gasteiger partial charge is 0.225 e. The van der Waals surface area contributed by atoms with E-state index in [1.165, 1.54) is 5.56 Å². The average Bonchev–Trinajstić information content (AvgIpc) is 2.45. The van der Waals surface area contributed by atoms with Gasteiger partial charge in [0.1, 0.15) is 0 Å². The maximum Gasteiger partial charge on any atom is 0.225 e. The quantitative estimate of drug-likeness (QED) is 0.792. The van der Waals surface area contributed by atoms with Crippen LogP contribution in [0.2, 0.25) is 0 Å². The first kappa shape index (κ1) is 14.2. The first-order valence-electron chi connectivity index (χ1n) is 6.70. The third-order valence-corrected chi connectivity index (χ3v) is 2.91. The Morgan fingerprint density at radius 1 is 1.20 bits per heavy atom. The van der Waals surface area contributed by atoms with Crippen molar-refractivity contribution in [3.63, 3.8) is 0 Å². The zero-order valence-corrected chi connectivity index (χ0v) is 11.6. The highest BCUT2D eigenvalue weighted by Crippen LogP contribution is 2.09. The maximum atomic E-state index is 11.8. The number of hydrogen-bond donors (Lipinski definition) is 2. The molecule has 1 heterocycles. The molecule has 0 radical (unpaired) electrons. The Morgan fingerprint density at radius 2 is 2.00 bits per heavy atom. The minimum absolute atomic E-state index is 0.0258. The number of amides is 1. The molecule has 4 heteroatoms. The van der Waals surface area contributed by atoms with Crippen LogP contribution >= 0.6 is 0 Å². The first-order valence-corrected chi connectivity index (χ1v) is 6.70. The van der Waals surface area contributed by atoms with Crippen molar-refractivity contribution in [1.29, 1.82) is 0 Å². The van der Waals surface area contributed by atoms with Crippen molar-refractivity contribution in [3.8, 4) is 0 Å². The summed E-state index contributed by atoms with van der Waals surface area (Å²) in [5.74, 6) is 0.0258. The molecule has 2 aromatic rings. The predicted octanol–water partition coefficient (Wildman–Crippen LogP) is 2.51. The number of carbonyl (C=O) groups is 1. The van der Waals surface area contributed by atoms with Crippen molar-refractivity contribution in [3.05, 3.63) is 59.9 Å². The predicted molar refractivity (Wildman–Crippen MR) is 80.4 cm³/mol. The van der Waals surface area contributed by atoms with E-state index in [0.29, 0.717) is 13.0 Å². The summed E-state index contributed by atoms with van der Waals surface area (Å²) in [6.45, 7) is 3.41. The molecule has 1 aromatic carbocycles. The molecule has 4 nitrogen and oxygen atoms in total. The Kier molecular flexibility index (Phi) is 5.26. The van der Waals surface area contributed by atoms with Crippen LogP contribution in [0.4, 0.5) is 5.69 Å². The van der Waals surface area contributed by atoms with Crippen LogP contribution in [0.15, 0.2) is 48.8 Å². The summed E-state index contributed by atoms with van der Waals surface area (Å²) in [4.78, 5) is 15.7. The summed E-state index contributed by atoms with van der Waals surface area (Å²) in [7, 11) is 0. The number of anilines is 1. The molecular formula is C16H19N3O. The second-order valence-electron chi connectivity index (χ2n) is 4.70. The number of benzene rings is 1. The van der Waals surface area contributed by atoms with Gasteiger partial charge in [-0.2, -0.15) is 0 Å². The Labute approximate surface area is 119 Å². The number of aryl methyl sites for hydroxylation is 1. The molecule has 1 aromatic heterocycles. The fraction of sp³-hybridized carbons (Fsp3) is 0.250. The second kappa shape index (κ2) is 7.40. The molecule has 0 aliphatic carbocycles. The van der Waals surface area contributed by atoms with Crippen LogP contribution in [0.25, 0.3) is 0 Å². The Morgan fingerprint density at radius 3 is 2.75 bits per heavy atom. The Hall–Kier alpha value is -2.20. The van der Waals surface area contributed by atoms with E-state index in [2.05, 4.69) is 15.6 Å². The molecule has 0 aliphatic rings. The molecule has 20 heavy (non-hydrogen) atoms. The van der Waals surface area contributed by atoms with E-state index in [4.69, 9.17) is 0 Å². The summed E-state index contributed by atoms with van der Waals surface area (Å²) in [5.41, 5.74) is 3.15. The van der Waals surface area contributed by atoms with Gasteiger partial charge in [0, 0.05) is 37.6 Å². The van der Waals surface area contributed by atoms with E-state index in [-0.39, 0.29) is 5.91 Å². The first-order chi connectivity index (χ1) is 9.74. The molecule has 0 fully saturated rings. The molecule has 104 valence electrons. The number of pyridine rings is 1. The topological polar surface area (TPSA) is 54.0 Å². The number of carbonyl (C=O) groups excluding carboxylic acids is 1. The summed E-state index contributed by atoms with van der Waals surface area (Å²) >= 11 is 0. The van der Waals surface area contributed by atoms with Gasteiger partial charge in [0.15, 0.2) is 0 Å². The number of aromatic nitrogens is 1. The molecule has 0 saturated heterocycles. The van der Waals surface area contributed by atoms with Crippen molar-refractivity contribution in [1.82, 2.24) is 10.3 Å². The van der Waals surface area contributed by atoms with E-state index in [0.717, 1.165) is 17.8 Å². The van der Waals surface area contributed by atoms with Crippen LogP contribution in [0.1, 0.15) is 17.5 Å². The van der Waals surface area contributed by atoms with E-state index in [1.54, 1.807) is 12.4 Å². The molecule has 1 amide bonds. The van der Waals surface area contributed by atoms with Crippen molar-refractivity contribution in [2.24, 2.45) is 0 Å². The molecule has 0 spiro atoms. The maximum absolute atomic E-state index is 11.8. The monoisotopic (exact) mass is 269 g/mol. The fourth-order valence-corrected chi connectivity index (χ4v) is 1.88. The molecule has 0 bridgehead atoms. The fourth-order valence-electron chi connectivity index (χ4n) is 1.88. The van der Waals surface area contributed by atoms with Crippen LogP contribution in [0, 0.1) is 6.92 Å². The van der Waals surface area contributed by atoms with Gasteiger partial charge in [0.25, 0.3) is 0 Å². The summed E-state index contributed by atoms with van der Waals surface area (Å²) in [6, 6.07) is 11.7. The summed E-state index contributed by atoms with van der Waals surface area (Å²) in [6.07, 6.45) is 3.99. The van der Waals surface area contributed by atoms with Crippen molar-refractivity contribution in [2.45, 2.75) is 19.9 Å². The zero-order chi connectivity index (χ0) is 14.2. The lowest BCUT2D eigenvalue weighted by Gasteiger charge is -2.07. The highest BCUT2D eigenvalue weighted by molar-refractivity contribution is 5.90. The minimum atomic E-state index is 0.0258. The van der Waals surface area contributed by atoms with Crippen molar-refractivity contribution in [2.75, 3.05) is 11.9 Å². The van der Waals surface area contributed by atoms with Gasteiger partial charge >= 0.3 is 0 Å². The Bertz CT molecular complexity index is 555. The molecular weight excluding hydrogens is 250 g/mol. The lowest BCUT2D eigenvalue weighted by Crippen LogP contribution is -2.21. The molecule has 2 N–H and O–H groups in total. The van der Waals surface area contributed by atoms with Crippen LogP contribution in [-0.4, -0.2) is 17.4 Å². The lowest BCUT2D eigenvalue weighted by molar-refractivity contribution is -0.116. The third-order valence-electron chi connectivity index (χ3n) is 2.91. The standard InChI is InChI=1S/C16H19N3O/c1-13-3-2-4-15(11-13)19-16(20)7-10-18-12-14-5-8-17-9-6-14/h2-6,8-9,11,18H,7,10,12H2,1H3,(H,19,20). The van der Waals surface area contributed by atoms with Crippen molar-refractivity contribution < 1.29 is 4.79 Å². The van der Waals surface area contributed by atoms with E-state index in [1.807, 2.05) is 43.3 Å². The lowest BCUT2D eigenvalue weighted by atomic mass is 10.2. The van der Waals surface area contributed by atoms with E-state index < -0.39 is 0 Å². The van der Waals surface area contributed by atoms with Gasteiger partial charge in [0.2, 0.25) is 5.91 Å². The Balaban J connectivity index is 1.68. The number of hydrogen-bond acceptors (Lipinski definition) is 3. The SMILES string of the molecule is Cc1cccc(NC(=O)CCNCc2ccncc2)c1. The van der Waals surface area contributed by atoms with Crippen LogP contribution in [0.5, 0.6) is 0 Å². The molecule has 0 unspecified atom stereocenters. The van der Waals surface area contributed by atoms with Crippen LogP contribution in [0.3, 0.4) is 0 Å². The average molecular weight is 269 g/mol. The normalized spacial score (nSPS) is 10.2.